The van der Waals surface area contributed by atoms with E-state index in [1.54, 1.807) is 5.57 Å². The van der Waals surface area contributed by atoms with Crippen LogP contribution in [0.25, 0.3) is 0 Å². The van der Waals surface area contributed by atoms with Crippen molar-refractivity contribution >= 4 is 0 Å². The lowest BCUT2D eigenvalue weighted by molar-refractivity contribution is -0.0564. The molecule has 0 heterocycles. The first-order valence-corrected chi connectivity index (χ1v) is 12.3. The first kappa shape index (κ1) is 20.9. The Morgan fingerprint density at radius 3 is 2.64 bits per heavy atom. The fourth-order valence-corrected chi connectivity index (χ4v) is 8.24. The van der Waals surface area contributed by atoms with Crippen LogP contribution in [0.2, 0.25) is 0 Å². The second kappa shape index (κ2) is 7.73. The van der Waals surface area contributed by atoms with E-state index in [0.717, 1.165) is 42.6 Å². The molecule has 28 heavy (non-hydrogen) atoms. The lowest BCUT2D eigenvalue weighted by atomic mass is 9.48. The summed E-state index contributed by atoms with van der Waals surface area (Å²) in [4.78, 5) is 2.74. The van der Waals surface area contributed by atoms with Crippen LogP contribution in [-0.2, 0) is 0 Å². The van der Waals surface area contributed by atoms with Crippen molar-refractivity contribution in [2.24, 2.45) is 34.5 Å². The number of fused-ring (bicyclic) bond motifs is 5. The maximum atomic E-state index is 10.2. The van der Waals surface area contributed by atoms with E-state index in [1.807, 2.05) is 0 Å². The highest BCUT2D eigenvalue weighted by molar-refractivity contribution is 5.25. The summed E-state index contributed by atoms with van der Waals surface area (Å²) in [5.41, 5.74) is 2.51. The standard InChI is InChI=1S/C26H45NO/c1-18(2)7-6-16-27(5)24-11-10-22-21-9-8-19-17-20(28)12-14-25(19,3)23(21)13-15-26(22,24)4/h8,18,20-24,28H,6-7,9-17H2,1-5H3. The van der Waals surface area contributed by atoms with E-state index < -0.39 is 0 Å². The molecule has 4 rings (SSSR count). The summed E-state index contributed by atoms with van der Waals surface area (Å²) in [6.45, 7) is 11.2. The summed E-state index contributed by atoms with van der Waals surface area (Å²) in [6.07, 6.45) is 15.4. The van der Waals surface area contributed by atoms with Gasteiger partial charge in [-0.25, -0.2) is 0 Å². The van der Waals surface area contributed by atoms with E-state index in [9.17, 15) is 5.11 Å². The van der Waals surface area contributed by atoms with Crippen LogP contribution in [0.3, 0.4) is 0 Å². The number of aliphatic hydroxyl groups excluding tert-OH is 1. The van der Waals surface area contributed by atoms with Gasteiger partial charge < -0.3 is 10.0 Å². The summed E-state index contributed by atoms with van der Waals surface area (Å²) in [7, 11) is 2.41. The molecule has 0 aromatic heterocycles. The maximum absolute atomic E-state index is 10.2. The third kappa shape index (κ3) is 3.41. The van der Waals surface area contributed by atoms with Crippen LogP contribution in [0.4, 0.5) is 0 Å². The van der Waals surface area contributed by atoms with Crippen molar-refractivity contribution in [2.45, 2.75) is 104 Å². The van der Waals surface area contributed by atoms with Crippen molar-refractivity contribution < 1.29 is 5.11 Å². The molecule has 3 saturated carbocycles. The van der Waals surface area contributed by atoms with Gasteiger partial charge in [0.15, 0.2) is 0 Å². The van der Waals surface area contributed by atoms with E-state index in [-0.39, 0.29) is 6.10 Å². The van der Waals surface area contributed by atoms with Gasteiger partial charge in [0.1, 0.15) is 0 Å². The minimum Gasteiger partial charge on any atom is -0.393 e. The lowest BCUT2D eigenvalue weighted by Crippen LogP contribution is -2.53. The minimum atomic E-state index is -0.0833. The van der Waals surface area contributed by atoms with Crippen molar-refractivity contribution in [1.29, 1.82) is 0 Å². The number of hydrogen-bond acceptors (Lipinski definition) is 2. The third-order valence-electron chi connectivity index (χ3n) is 9.85. The van der Waals surface area contributed by atoms with E-state index in [4.69, 9.17) is 0 Å². The average molecular weight is 388 g/mol. The van der Waals surface area contributed by atoms with Crippen molar-refractivity contribution in [2.75, 3.05) is 13.6 Å². The molecule has 2 heteroatoms. The Morgan fingerprint density at radius 2 is 1.89 bits per heavy atom. The lowest BCUT2D eigenvalue weighted by Gasteiger charge is -2.58. The van der Waals surface area contributed by atoms with Gasteiger partial charge in [-0.3, -0.25) is 0 Å². The van der Waals surface area contributed by atoms with Crippen LogP contribution in [0.5, 0.6) is 0 Å². The molecule has 4 aliphatic carbocycles. The van der Waals surface area contributed by atoms with Gasteiger partial charge in [-0.1, -0.05) is 39.3 Å². The van der Waals surface area contributed by atoms with Crippen LogP contribution in [0.1, 0.15) is 91.9 Å². The number of rotatable bonds is 5. The topological polar surface area (TPSA) is 23.5 Å². The normalized spacial score (nSPS) is 45.6. The molecule has 4 aliphatic rings. The summed E-state index contributed by atoms with van der Waals surface area (Å²) < 4.78 is 0. The molecule has 1 N–H and O–H groups in total. The molecule has 7 atom stereocenters. The van der Waals surface area contributed by atoms with Gasteiger partial charge in [-0.2, -0.15) is 0 Å². The molecule has 2 nitrogen and oxygen atoms in total. The average Bonchev–Trinajstić information content (AvgIpc) is 2.99. The zero-order valence-corrected chi connectivity index (χ0v) is 19.2. The highest BCUT2D eigenvalue weighted by Crippen LogP contribution is 2.65. The summed E-state index contributed by atoms with van der Waals surface area (Å²) in [5.74, 6) is 3.49. The van der Waals surface area contributed by atoms with Crippen LogP contribution in [0.15, 0.2) is 11.6 Å². The predicted octanol–water partition coefficient (Wildman–Crippen LogP) is 6.05. The van der Waals surface area contributed by atoms with Gasteiger partial charge in [0.25, 0.3) is 0 Å². The van der Waals surface area contributed by atoms with Gasteiger partial charge in [0.2, 0.25) is 0 Å². The van der Waals surface area contributed by atoms with E-state index in [1.165, 1.54) is 57.9 Å². The van der Waals surface area contributed by atoms with Crippen molar-refractivity contribution in [3.05, 3.63) is 11.6 Å². The Morgan fingerprint density at radius 1 is 1.11 bits per heavy atom. The Hall–Kier alpha value is -0.340. The first-order chi connectivity index (χ1) is 13.3. The Labute approximate surface area is 174 Å². The monoisotopic (exact) mass is 387 g/mol. The SMILES string of the molecule is CC(C)CCCN(C)C1CCC2C3CC=C4CC(O)CCC4(C)C3CCC21C. The molecule has 7 unspecified atom stereocenters. The van der Waals surface area contributed by atoms with Gasteiger partial charge >= 0.3 is 0 Å². The zero-order chi connectivity index (χ0) is 20.1. The van der Waals surface area contributed by atoms with E-state index in [0.29, 0.717) is 10.8 Å². The highest BCUT2D eigenvalue weighted by Gasteiger charge is 2.59. The molecule has 0 spiro atoms. The summed E-state index contributed by atoms with van der Waals surface area (Å²) >= 11 is 0. The van der Waals surface area contributed by atoms with Crippen molar-refractivity contribution in [3.8, 4) is 0 Å². The van der Waals surface area contributed by atoms with Crippen LogP contribution in [0, 0.1) is 34.5 Å². The molecular weight excluding hydrogens is 342 g/mol. The first-order valence-electron chi connectivity index (χ1n) is 12.3. The Bertz CT molecular complexity index is 597. The Kier molecular flexibility index (Phi) is 5.77. The van der Waals surface area contributed by atoms with Gasteiger partial charge in [0.05, 0.1) is 6.10 Å². The molecule has 0 saturated heterocycles. The number of hydrogen-bond donors (Lipinski definition) is 1. The van der Waals surface area contributed by atoms with Crippen molar-refractivity contribution in [1.82, 2.24) is 4.90 Å². The second-order valence-corrected chi connectivity index (χ2v) is 11.8. The number of nitrogens with zero attached hydrogens (tertiary/aromatic N) is 1. The Balaban J connectivity index is 1.49. The van der Waals surface area contributed by atoms with Crippen LogP contribution in [-0.4, -0.2) is 35.7 Å². The second-order valence-electron chi connectivity index (χ2n) is 11.8. The van der Waals surface area contributed by atoms with Gasteiger partial charge in [-0.05, 0) is 112 Å². The molecule has 0 amide bonds. The summed E-state index contributed by atoms with van der Waals surface area (Å²) in [5, 5.41) is 10.2. The zero-order valence-electron chi connectivity index (χ0n) is 19.2. The number of allylic oxidation sites excluding steroid dienone is 1. The molecule has 0 radical (unpaired) electrons. The number of aliphatic hydroxyl groups is 1. The van der Waals surface area contributed by atoms with Gasteiger partial charge in [-0.15, -0.1) is 0 Å². The molecule has 0 aromatic rings. The molecule has 0 bridgehead atoms. The fourth-order valence-electron chi connectivity index (χ4n) is 8.24. The van der Waals surface area contributed by atoms with Crippen LogP contribution < -0.4 is 0 Å². The van der Waals surface area contributed by atoms with Gasteiger partial charge in [0, 0.05) is 6.04 Å². The molecule has 160 valence electrons. The molecule has 3 fully saturated rings. The molecular formula is C26H45NO. The highest BCUT2D eigenvalue weighted by atomic mass is 16.3. The fraction of sp³-hybridized carbons (Fsp3) is 0.923. The molecule has 0 aliphatic heterocycles. The minimum absolute atomic E-state index is 0.0833. The predicted molar refractivity (Wildman–Crippen MR) is 118 cm³/mol. The summed E-state index contributed by atoms with van der Waals surface area (Å²) in [6, 6.07) is 0.789. The largest absolute Gasteiger partial charge is 0.393 e. The van der Waals surface area contributed by atoms with Crippen molar-refractivity contribution in [3.63, 3.8) is 0 Å². The van der Waals surface area contributed by atoms with Crippen LogP contribution >= 0.6 is 0 Å². The third-order valence-corrected chi connectivity index (χ3v) is 9.85. The smallest absolute Gasteiger partial charge is 0.0577 e. The maximum Gasteiger partial charge on any atom is 0.0577 e. The van der Waals surface area contributed by atoms with E-state index >= 15 is 0 Å². The molecule has 0 aromatic carbocycles. The van der Waals surface area contributed by atoms with E-state index in [2.05, 4.69) is 45.7 Å². The quantitative estimate of drug-likeness (QED) is 0.581.